The second-order valence-electron chi connectivity index (χ2n) is 3.44. The summed E-state index contributed by atoms with van der Waals surface area (Å²) in [5.74, 6) is 0. The Balaban J connectivity index is 2.64. The molecule has 0 bridgehead atoms. The van der Waals surface area contributed by atoms with Gasteiger partial charge in [0.05, 0.1) is 0 Å². The molecular weight excluding hydrogens is 279 g/mol. The summed E-state index contributed by atoms with van der Waals surface area (Å²) in [7, 11) is 0. The van der Waals surface area contributed by atoms with Gasteiger partial charge in [-0.3, -0.25) is 4.79 Å². The molecule has 0 unspecified atom stereocenters. The first kappa shape index (κ1) is 12.4. The Morgan fingerprint density at radius 3 is 2.29 bits per heavy atom. The molecule has 0 spiro atoms. The second kappa shape index (κ2) is 5.09. The van der Waals surface area contributed by atoms with Gasteiger partial charge in [0.2, 0.25) is 0 Å². The molecule has 0 saturated heterocycles. The zero-order valence-electron chi connectivity index (χ0n) is 8.58. The number of halogens is 3. The summed E-state index contributed by atoms with van der Waals surface area (Å²) in [5, 5.41) is 0.530. The van der Waals surface area contributed by atoms with E-state index in [0.29, 0.717) is 21.2 Å². The van der Waals surface area contributed by atoms with Gasteiger partial charge in [0.1, 0.15) is 0 Å². The van der Waals surface area contributed by atoms with E-state index in [2.05, 4.69) is 0 Å². The molecule has 2 aromatic carbocycles. The Morgan fingerprint density at radius 2 is 1.65 bits per heavy atom. The lowest BCUT2D eigenvalue weighted by Gasteiger charge is -2.08. The van der Waals surface area contributed by atoms with E-state index in [9.17, 15) is 4.79 Å². The SMILES string of the molecule is O=C(Cl)c1ccccc1-c1ccc(Cl)cc1Cl. The molecule has 0 aromatic heterocycles. The highest BCUT2D eigenvalue weighted by atomic mass is 35.5. The minimum absolute atomic E-state index is 0.429. The first-order valence-corrected chi connectivity index (χ1v) is 5.97. The van der Waals surface area contributed by atoms with E-state index in [0.717, 1.165) is 5.56 Å². The first-order chi connectivity index (χ1) is 8.09. The van der Waals surface area contributed by atoms with Crippen molar-refractivity contribution in [3.63, 3.8) is 0 Å². The molecule has 86 valence electrons. The zero-order chi connectivity index (χ0) is 12.4. The van der Waals surface area contributed by atoms with Crippen molar-refractivity contribution >= 4 is 40.0 Å². The van der Waals surface area contributed by atoms with Crippen molar-refractivity contribution in [3.05, 3.63) is 58.1 Å². The lowest BCUT2D eigenvalue weighted by atomic mass is 10.0. The molecule has 1 nitrogen and oxygen atoms in total. The van der Waals surface area contributed by atoms with Crippen LogP contribution in [0.1, 0.15) is 10.4 Å². The molecule has 0 aliphatic rings. The van der Waals surface area contributed by atoms with Crippen LogP contribution in [0.5, 0.6) is 0 Å². The summed E-state index contributed by atoms with van der Waals surface area (Å²) in [4.78, 5) is 11.3. The van der Waals surface area contributed by atoms with Gasteiger partial charge in [-0.2, -0.15) is 0 Å². The highest BCUT2D eigenvalue weighted by Crippen LogP contribution is 2.32. The van der Waals surface area contributed by atoms with Crippen molar-refractivity contribution in [2.24, 2.45) is 0 Å². The summed E-state index contributed by atoms with van der Waals surface area (Å²) in [5.41, 5.74) is 1.87. The smallest absolute Gasteiger partial charge is 0.253 e. The molecule has 0 amide bonds. The largest absolute Gasteiger partial charge is 0.276 e. The Hall–Kier alpha value is -1.02. The molecule has 0 aliphatic heterocycles. The van der Waals surface area contributed by atoms with Crippen LogP contribution in [0, 0.1) is 0 Å². The molecule has 0 radical (unpaired) electrons. The Labute approximate surface area is 114 Å². The van der Waals surface area contributed by atoms with Crippen LogP contribution in [0.2, 0.25) is 10.0 Å². The molecule has 0 N–H and O–H groups in total. The van der Waals surface area contributed by atoms with E-state index in [1.165, 1.54) is 0 Å². The first-order valence-electron chi connectivity index (χ1n) is 4.84. The number of carbonyl (C=O) groups excluding carboxylic acids is 1. The van der Waals surface area contributed by atoms with E-state index >= 15 is 0 Å². The number of carbonyl (C=O) groups is 1. The molecular formula is C13H7Cl3O. The maximum atomic E-state index is 11.3. The van der Waals surface area contributed by atoms with Gasteiger partial charge in [0, 0.05) is 21.2 Å². The molecule has 0 fully saturated rings. The van der Waals surface area contributed by atoms with Crippen LogP contribution >= 0.6 is 34.8 Å². The minimum Gasteiger partial charge on any atom is -0.276 e. The van der Waals surface area contributed by atoms with Crippen LogP contribution in [0.15, 0.2) is 42.5 Å². The van der Waals surface area contributed by atoms with Gasteiger partial charge in [0.15, 0.2) is 0 Å². The van der Waals surface area contributed by atoms with Gasteiger partial charge in [-0.25, -0.2) is 0 Å². The maximum Gasteiger partial charge on any atom is 0.253 e. The average Bonchev–Trinajstić information content (AvgIpc) is 2.29. The summed E-state index contributed by atoms with van der Waals surface area (Å²) < 4.78 is 0. The van der Waals surface area contributed by atoms with Crippen LogP contribution in [-0.2, 0) is 0 Å². The van der Waals surface area contributed by atoms with Crippen molar-refractivity contribution < 1.29 is 4.79 Å². The van der Waals surface area contributed by atoms with Crippen LogP contribution < -0.4 is 0 Å². The third-order valence-electron chi connectivity index (χ3n) is 2.36. The zero-order valence-corrected chi connectivity index (χ0v) is 10.9. The standard InChI is InChI=1S/C13H7Cl3O/c14-8-5-6-10(12(15)7-8)9-3-1-2-4-11(9)13(16)17/h1-7H. The highest BCUT2D eigenvalue weighted by molar-refractivity contribution is 6.68. The number of hydrogen-bond donors (Lipinski definition) is 0. The summed E-state index contributed by atoms with van der Waals surface area (Å²) in [6.45, 7) is 0. The molecule has 2 aromatic rings. The lowest BCUT2D eigenvalue weighted by Crippen LogP contribution is -1.93. The van der Waals surface area contributed by atoms with Gasteiger partial charge >= 0.3 is 0 Å². The van der Waals surface area contributed by atoms with Crippen LogP contribution in [-0.4, -0.2) is 5.24 Å². The van der Waals surface area contributed by atoms with Crippen molar-refractivity contribution in [1.29, 1.82) is 0 Å². The second-order valence-corrected chi connectivity index (χ2v) is 4.63. The Bertz CT molecular complexity index is 579. The lowest BCUT2D eigenvalue weighted by molar-refractivity contribution is 0.108. The van der Waals surface area contributed by atoms with Crippen molar-refractivity contribution in [2.45, 2.75) is 0 Å². The molecule has 17 heavy (non-hydrogen) atoms. The van der Waals surface area contributed by atoms with E-state index < -0.39 is 5.24 Å². The third kappa shape index (κ3) is 2.63. The van der Waals surface area contributed by atoms with E-state index in [1.807, 2.05) is 6.07 Å². The summed E-state index contributed by atoms with van der Waals surface area (Å²) >= 11 is 17.5. The fourth-order valence-corrected chi connectivity index (χ4v) is 2.27. The molecule has 0 heterocycles. The van der Waals surface area contributed by atoms with Gasteiger partial charge < -0.3 is 0 Å². The van der Waals surface area contributed by atoms with Crippen LogP contribution in [0.25, 0.3) is 11.1 Å². The van der Waals surface area contributed by atoms with Gasteiger partial charge in [-0.05, 0) is 35.4 Å². The number of benzene rings is 2. The summed E-state index contributed by atoms with van der Waals surface area (Å²) in [6.07, 6.45) is 0. The van der Waals surface area contributed by atoms with Crippen molar-refractivity contribution in [3.8, 4) is 11.1 Å². The van der Waals surface area contributed by atoms with Crippen LogP contribution in [0.4, 0.5) is 0 Å². The van der Waals surface area contributed by atoms with Gasteiger partial charge in [0.25, 0.3) is 5.24 Å². The topological polar surface area (TPSA) is 17.1 Å². The monoisotopic (exact) mass is 284 g/mol. The minimum atomic E-state index is -0.508. The quantitative estimate of drug-likeness (QED) is 0.707. The fourth-order valence-electron chi connectivity index (χ4n) is 1.60. The predicted molar refractivity (Wildman–Crippen MR) is 72.1 cm³/mol. The third-order valence-corrected chi connectivity index (χ3v) is 3.11. The molecule has 0 atom stereocenters. The Kier molecular flexibility index (Phi) is 3.72. The molecule has 2 rings (SSSR count). The van der Waals surface area contributed by atoms with E-state index in [1.54, 1.807) is 36.4 Å². The normalized spacial score (nSPS) is 10.3. The fraction of sp³-hybridized carbons (Fsp3) is 0. The van der Waals surface area contributed by atoms with Gasteiger partial charge in [-0.1, -0.05) is 47.5 Å². The van der Waals surface area contributed by atoms with E-state index in [-0.39, 0.29) is 0 Å². The molecule has 4 heteroatoms. The van der Waals surface area contributed by atoms with Crippen LogP contribution in [0.3, 0.4) is 0 Å². The summed E-state index contributed by atoms with van der Waals surface area (Å²) in [6, 6.07) is 12.2. The average molecular weight is 286 g/mol. The number of hydrogen-bond acceptors (Lipinski definition) is 1. The van der Waals surface area contributed by atoms with Crippen molar-refractivity contribution in [1.82, 2.24) is 0 Å². The maximum absolute atomic E-state index is 11.3. The molecule has 0 saturated carbocycles. The molecule has 0 aliphatic carbocycles. The highest BCUT2D eigenvalue weighted by Gasteiger charge is 2.12. The Morgan fingerprint density at radius 1 is 0.941 bits per heavy atom. The predicted octanol–water partition coefficient (Wildman–Crippen LogP) is 5.04. The number of rotatable bonds is 2. The van der Waals surface area contributed by atoms with Gasteiger partial charge in [-0.15, -0.1) is 0 Å². The van der Waals surface area contributed by atoms with E-state index in [4.69, 9.17) is 34.8 Å². The van der Waals surface area contributed by atoms with Crippen molar-refractivity contribution in [2.75, 3.05) is 0 Å².